The van der Waals surface area contributed by atoms with Crippen LogP contribution in [0.4, 0.5) is 5.95 Å². The molecule has 0 aliphatic rings. The predicted octanol–water partition coefficient (Wildman–Crippen LogP) is 0.284. The topological polar surface area (TPSA) is 95.4 Å². The van der Waals surface area contributed by atoms with Crippen LogP contribution in [0.15, 0.2) is 18.5 Å². The van der Waals surface area contributed by atoms with Crippen molar-refractivity contribution >= 4 is 17.8 Å². The predicted molar refractivity (Wildman–Crippen MR) is 69.8 cm³/mol. The number of hydrogen-bond acceptors (Lipinski definition) is 5. The number of carboxylic acids is 1. The molecule has 1 rings (SSSR count). The van der Waals surface area contributed by atoms with Gasteiger partial charge in [-0.15, -0.1) is 0 Å². The molecule has 0 saturated heterocycles. The molecule has 1 aromatic heterocycles. The van der Waals surface area contributed by atoms with E-state index in [0.717, 1.165) is 0 Å². The number of aliphatic carboxylic acids is 1. The monoisotopic (exact) mass is 266 g/mol. The number of aromatic nitrogens is 2. The number of rotatable bonds is 8. The van der Waals surface area contributed by atoms with Crippen molar-refractivity contribution in [2.24, 2.45) is 0 Å². The van der Waals surface area contributed by atoms with Gasteiger partial charge < -0.3 is 15.3 Å². The van der Waals surface area contributed by atoms with Crippen LogP contribution in [0.3, 0.4) is 0 Å². The molecule has 7 heteroatoms. The first-order valence-corrected chi connectivity index (χ1v) is 6.06. The molecular formula is C12H18N4O3. The fourth-order valence-corrected chi connectivity index (χ4v) is 1.46. The molecule has 0 bridgehead atoms. The van der Waals surface area contributed by atoms with E-state index in [9.17, 15) is 9.59 Å². The number of anilines is 1. The Hall–Kier alpha value is -2.18. The molecule has 1 heterocycles. The summed E-state index contributed by atoms with van der Waals surface area (Å²) in [4.78, 5) is 31.6. The number of carbonyl (C=O) groups excluding carboxylic acids is 1. The van der Waals surface area contributed by atoms with Gasteiger partial charge in [0, 0.05) is 32.4 Å². The number of carbonyl (C=O) groups is 2. The third-order valence-corrected chi connectivity index (χ3v) is 2.41. The quantitative estimate of drug-likeness (QED) is 0.656. The average Bonchev–Trinajstić information content (AvgIpc) is 2.39. The van der Waals surface area contributed by atoms with Crippen LogP contribution in [0, 0.1) is 0 Å². The van der Waals surface area contributed by atoms with Crippen LogP contribution in [0.5, 0.6) is 0 Å². The van der Waals surface area contributed by atoms with E-state index in [2.05, 4.69) is 15.3 Å². The molecule has 0 aliphatic carbocycles. The van der Waals surface area contributed by atoms with Crippen LogP contribution in [-0.4, -0.2) is 47.1 Å². The molecule has 7 nitrogen and oxygen atoms in total. The Morgan fingerprint density at radius 3 is 2.63 bits per heavy atom. The highest BCUT2D eigenvalue weighted by molar-refractivity contribution is 5.80. The van der Waals surface area contributed by atoms with Gasteiger partial charge in [-0.25, -0.2) is 9.97 Å². The van der Waals surface area contributed by atoms with Crippen LogP contribution in [0.1, 0.15) is 19.3 Å². The van der Waals surface area contributed by atoms with E-state index in [4.69, 9.17) is 5.11 Å². The Labute approximate surface area is 111 Å². The molecule has 0 aromatic carbocycles. The molecule has 2 N–H and O–H groups in total. The number of likely N-dealkylation sites (N-methyl/N-ethyl adjacent to an activating group) is 1. The molecule has 1 amide bonds. The maximum absolute atomic E-state index is 11.6. The van der Waals surface area contributed by atoms with E-state index in [1.54, 1.807) is 30.4 Å². The number of nitrogens with one attached hydrogen (secondary N) is 1. The maximum atomic E-state index is 11.6. The molecular weight excluding hydrogens is 248 g/mol. The Balaban J connectivity index is 2.19. The zero-order valence-corrected chi connectivity index (χ0v) is 10.9. The van der Waals surface area contributed by atoms with E-state index >= 15 is 0 Å². The van der Waals surface area contributed by atoms with Gasteiger partial charge in [0.15, 0.2) is 0 Å². The molecule has 0 unspecified atom stereocenters. The van der Waals surface area contributed by atoms with Crippen molar-refractivity contribution in [1.82, 2.24) is 15.3 Å². The smallest absolute Gasteiger partial charge is 0.303 e. The highest BCUT2D eigenvalue weighted by Gasteiger charge is 2.08. The number of amides is 1. The molecule has 0 fully saturated rings. The lowest BCUT2D eigenvalue weighted by molar-refractivity contribution is -0.137. The van der Waals surface area contributed by atoms with Crippen molar-refractivity contribution in [3.05, 3.63) is 18.5 Å². The number of hydrogen-bond donors (Lipinski definition) is 2. The molecule has 19 heavy (non-hydrogen) atoms. The minimum absolute atomic E-state index is 0.133. The van der Waals surface area contributed by atoms with Crippen molar-refractivity contribution in [1.29, 1.82) is 0 Å². The van der Waals surface area contributed by atoms with Crippen molar-refractivity contribution in [2.75, 3.05) is 25.0 Å². The highest BCUT2D eigenvalue weighted by atomic mass is 16.4. The lowest BCUT2D eigenvalue weighted by Gasteiger charge is -2.15. The lowest BCUT2D eigenvalue weighted by atomic mass is 10.2. The summed E-state index contributed by atoms with van der Waals surface area (Å²) in [5, 5.41) is 11.2. The Morgan fingerprint density at radius 2 is 2.00 bits per heavy atom. The molecule has 1 aromatic rings. The summed E-state index contributed by atoms with van der Waals surface area (Å²) in [7, 11) is 1.74. The van der Waals surface area contributed by atoms with Gasteiger partial charge in [0.2, 0.25) is 11.9 Å². The highest BCUT2D eigenvalue weighted by Crippen LogP contribution is 2.00. The van der Waals surface area contributed by atoms with Crippen molar-refractivity contribution in [2.45, 2.75) is 19.3 Å². The first kappa shape index (κ1) is 14.9. The molecule has 0 aliphatic heterocycles. The van der Waals surface area contributed by atoms with E-state index < -0.39 is 5.97 Å². The summed E-state index contributed by atoms with van der Waals surface area (Å²) in [6, 6.07) is 1.71. The van der Waals surface area contributed by atoms with E-state index in [-0.39, 0.29) is 18.9 Å². The van der Waals surface area contributed by atoms with Gasteiger partial charge in [-0.2, -0.15) is 0 Å². The Kier molecular flexibility index (Phi) is 6.28. The van der Waals surface area contributed by atoms with Gasteiger partial charge in [-0.3, -0.25) is 9.59 Å². The third kappa shape index (κ3) is 6.35. The standard InChI is InChI=1S/C12H18N4O3/c1-16(12-14-7-4-8-15-12)9-10(17)13-6-3-2-5-11(18)19/h4,7-8H,2-3,5-6,9H2,1H3,(H,13,17)(H,18,19). The normalized spacial score (nSPS) is 9.95. The number of unbranched alkanes of at least 4 members (excludes halogenated alkanes) is 1. The van der Waals surface area contributed by atoms with Crippen molar-refractivity contribution in [3.63, 3.8) is 0 Å². The number of carboxylic acid groups (broad SMARTS) is 1. The largest absolute Gasteiger partial charge is 0.481 e. The van der Waals surface area contributed by atoms with Crippen molar-refractivity contribution < 1.29 is 14.7 Å². The molecule has 0 spiro atoms. The summed E-state index contributed by atoms with van der Waals surface area (Å²) < 4.78 is 0. The fraction of sp³-hybridized carbons (Fsp3) is 0.500. The first-order chi connectivity index (χ1) is 9.09. The summed E-state index contributed by atoms with van der Waals surface area (Å²) in [6.07, 6.45) is 4.58. The zero-order chi connectivity index (χ0) is 14.1. The zero-order valence-electron chi connectivity index (χ0n) is 10.9. The maximum Gasteiger partial charge on any atom is 0.303 e. The van der Waals surface area contributed by atoms with Gasteiger partial charge >= 0.3 is 5.97 Å². The third-order valence-electron chi connectivity index (χ3n) is 2.41. The van der Waals surface area contributed by atoms with Crippen LogP contribution >= 0.6 is 0 Å². The van der Waals surface area contributed by atoms with E-state index in [1.807, 2.05) is 0 Å². The van der Waals surface area contributed by atoms with Gasteiger partial charge in [0.05, 0.1) is 6.54 Å². The van der Waals surface area contributed by atoms with E-state index in [1.165, 1.54) is 0 Å². The summed E-state index contributed by atoms with van der Waals surface area (Å²) >= 11 is 0. The summed E-state index contributed by atoms with van der Waals surface area (Å²) in [5.74, 6) is -0.457. The second-order valence-corrected chi connectivity index (χ2v) is 4.11. The second-order valence-electron chi connectivity index (χ2n) is 4.11. The van der Waals surface area contributed by atoms with Gasteiger partial charge in [-0.05, 0) is 18.9 Å². The lowest BCUT2D eigenvalue weighted by Crippen LogP contribution is -2.36. The van der Waals surface area contributed by atoms with E-state index in [0.29, 0.717) is 25.3 Å². The van der Waals surface area contributed by atoms with Crippen LogP contribution in [0.25, 0.3) is 0 Å². The average molecular weight is 266 g/mol. The van der Waals surface area contributed by atoms with Gasteiger partial charge in [-0.1, -0.05) is 0 Å². The Morgan fingerprint density at radius 1 is 1.32 bits per heavy atom. The summed E-state index contributed by atoms with van der Waals surface area (Å²) in [6.45, 7) is 0.651. The Bertz CT molecular complexity index is 411. The number of nitrogens with zero attached hydrogens (tertiary/aromatic N) is 3. The minimum Gasteiger partial charge on any atom is -0.481 e. The fourth-order valence-electron chi connectivity index (χ4n) is 1.46. The van der Waals surface area contributed by atoms with Crippen LogP contribution in [-0.2, 0) is 9.59 Å². The molecule has 0 saturated carbocycles. The first-order valence-electron chi connectivity index (χ1n) is 6.06. The van der Waals surface area contributed by atoms with Crippen molar-refractivity contribution in [3.8, 4) is 0 Å². The molecule has 104 valence electrons. The van der Waals surface area contributed by atoms with Gasteiger partial charge in [0.1, 0.15) is 0 Å². The summed E-state index contributed by atoms with van der Waals surface area (Å²) in [5.41, 5.74) is 0. The van der Waals surface area contributed by atoms with Crippen LogP contribution in [0.2, 0.25) is 0 Å². The second kappa shape index (κ2) is 8.02. The molecule has 0 atom stereocenters. The minimum atomic E-state index is -0.813. The van der Waals surface area contributed by atoms with Crippen LogP contribution < -0.4 is 10.2 Å². The SMILES string of the molecule is CN(CC(=O)NCCCCC(=O)O)c1ncccn1. The molecule has 0 radical (unpaired) electrons. The van der Waals surface area contributed by atoms with Gasteiger partial charge in [0.25, 0.3) is 0 Å².